The van der Waals surface area contributed by atoms with E-state index in [1.807, 2.05) is 20.8 Å². The Labute approximate surface area is 127 Å². The second-order valence-corrected chi connectivity index (χ2v) is 6.49. The maximum absolute atomic E-state index is 12.3. The molecule has 0 aliphatic carbocycles. The first-order valence-electron chi connectivity index (χ1n) is 7.46. The predicted molar refractivity (Wildman–Crippen MR) is 79.9 cm³/mol. The standard InChI is InChI=1S/C15H28N2O4/c1-11-14(19)17(7-10-21-9-6-8-20-5)12(13(18)16-11)15(2,3)4/h11-12H,6-10H2,1-5H3,(H,16,18). The molecular formula is C15H28N2O4. The third-order valence-corrected chi connectivity index (χ3v) is 3.51. The lowest BCUT2D eigenvalue weighted by molar-refractivity contribution is -0.154. The Morgan fingerprint density at radius 1 is 1.19 bits per heavy atom. The van der Waals surface area contributed by atoms with E-state index in [0.717, 1.165) is 6.42 Å². The normalized spacial score (nSPS) is 23.4. The maximum atomic E-state index is 12.3. The molecule has 6 nitrogen and oxygen atoms in total. The van der Waals surface area contributed by atoms with Gasteiger partial charge in [-0.2, -0.15) is 0 Å². The Hall–Kier alpha value is -1.14. The van der Waals surface area contributed by atoms with Gasteiger partial charge >= 0.3 is 0 Å². The van der Waals surface area contributed by atoms with Gasteiger partial charge in [-0.05, 0) is 18.8 Å². The Kier molecular flexibility index (Phi) is 6.61. The molecule has 0 bridgehead atoms. The molecule has 0 aromatic carbocycles. The molecule has 2 unspecified atom stereocenters. The van der Waals surface area contributed by atoms with Crippen molar-refractivity contribution in [3.63, 3.8) is 0 Å². The van der Waals surface area contributed by atoms with Crippen LogP contribution in [-0.2, 0) is 19.1 Å². The van der Waals surface area contributed by atoms with Gasteiger partial charge in [0, 0.05) is 26.9 Å². The van der Waals surface area contributed by atoms with E-state index < -0.39 is 12.1 Å². The zero-order valence-electron chi connectivity index (χ0n) is 13.8. The number of hydrogen-bond donors (Lipinski definition) is 1. The highest BCUT2D eigenvalue weighted by molar-refractivity contribution is 5.97. The molecule has 1 aliphatic heterocycles. The van der Waals surface area contributed by atoms with Crippen molar-refractivity contribution < 1.29 is 19.1 Å². The summed E-state index contributed by atoms with van der Waals surface area (Å²) in [5.74, 6) is -0.135. The van der Waals surface area contributed by atoms with Gasteiger partial charge in [0.1, 0.15) is 12.1 Å². The van der Waals surface area contributed by atoms with Crippen LogP contribution in [0.3, 0.4) is 0 Å². The fourth-order valence-electron chi connectivity index (χ4n) is 2.54. The van der Waals surface area contributed by atoms with Crippen molar-refractivity contribution in [2.45, 2.75) is 46.2 Å². The molecule has 1 aliphatic rings. The number of amides is 2. The van der Waals surface area contributed by atoms with Crippen LogP contribution in [0.15, 0.2) is 0 Å². The Morgan fingerprint density at radius 2 is 1.86 bits per heavy atom. The second-order valence-electron chi connectivity index (χ2n) is 6.49. The smallest absolute Gasteiger partial charge is 0.245 e. The van der Waals surface area contributed by atoms with Gasteiger partial charge in [0.15, 0.2) is 0 Å². The number of nitrogens with one attached hydrogen (secondary N) is 1. The molecule has 0 radical (unpaired) electrons. The summed E-state index contributed by atoms with van der Waals surface area (Å²) in [6.45, 7) is 9.73. The monoisotopic (exact) mass is 300 g/mol. The Morgan fingerprint density at radius 3 is 2.43 bits per heavy atom. The van der Waals surface area contributed by atoms with Crippen LogP contribution in [0.1, 0.15) is 34.1 Å². The van der Waals surface area contributed by atoms with Crippen LogP contribution >= 0.6 is 0 Å². The van der Waals surface area contributed by atoms with Crippen LogP contribution in [0.25, 0.3) is 0 Å². The van der Waals surface area contributed by atoms with Gasteiger partial charge in [0.2, 0.25) is 11.8 Å². The number of carbonyl (C=O) groups is 2. The summed E-state index contributed by atoms with van der Waals surface area (Å²) in [4.78, 5) is 26.2. The van der Waals surface area contributed by atoms with E-state index in [0.29, 0.717) is 26.4 Å². The molecule has 6 heteroatoms. The highest BCUT2D eigenvalue weighted by atomic mass is 16.5. The first-order chi connectivity index (χ1) is 9.79. The average molecular weight is 300 g/mol. The molecule has 2 atom stereocenters. The maximum Gasteiger partial charge on any atom is 0.245 e. The third kappa shape index (κ3) is 4.97. The van der Waals surface area contributed by atoms with E-state index in [1.165, 1.54) is 0 Å². The summed E-state index contributed by atoms with van der Waals surface area (Å²) in [5, 5.41) is 2.75. The lowest BCUT2D eigenvalue weighted by Crippen LogP contribution is -2.66. The predicted octanol–water partition coefficient (Wildman–Crippen LogP) is 0.801. The number of carbonyl (C=O) groups excluding carboxylic acids is 2. The van der Waals surface area contributed by atoms with E-state index in [-0.39, 0.29) is 17.2 Å². The zero-order chi connectivity index (χ0) is 16.0. The van der Waals surface area contributed by atoms with Crippen molar-refractivity contribution in [2.75, 3.05) is 33.5 Å². The van der Waals surface area contributed by atoms with Crippen LogP contribution in [0, 0.1) is 5.41 Å². The third-order valence-electron chi connectivity index (χ3n) is 3.51. The van der Waals surface area contributed by atoms with Crippen molar-refractivity contribution in [3.8, 4) is 0 Å². The van der Waals surface area contributed by atoms with Gasteiger partial charge in [0.25, 0.3) is 0 Å². The van der Waals surface area contributed by atoms with Crippen LogP contribution in [-0.4, -0.2) is 62.3 Å². The molecular weight excluding hydrogens is 272 g/mol. The summed E-state index contributed by atoms with van der Waals surface area (Å²) in [6.07, 6.45) is 0.823. The van der Waals surface area contributed by atoms with Crippen LogP contribution in [0.5, 0.6) is 0 Å². The van der Waals surface area contributed by atoms with Gasteiger partial charge < -0.3 is 19.7 Å². The van der Waals surface area contributed by atoms with Crippen molar-refractivity contribution in [3.05, 3.63) is 0 Å². The zero-order valence-corrected chi connectivity index (χ0v) is 13.8. The summed E-state index contributed by atoms with van der Waals surface area (Å²) in [6, 6.07) is -0.923. The summed E-state index contributed by atoms with van der Waals surface area (Å²) >= 11 is 0. The Bertz CT molecular complexity index is 365. The van der Waals surface area contributed by atoms with Crippen molar-refractivity contribution in [1.82, 2.24) is 10.2 Å². The molecule has 21 heavy (non-hydrogen) atoms. The number of methoxy groups -OCH3 is 1. The molecule has 0 aromatic heterocycles. The van der Waals surface area contributed by atoms with E-state index in [2.05, 4.69) is 5.32 Å². The summed E-state index contributed by atoms with van der Waals surface area (Å²) in [5.41, 5.74) is -0.310. The molecule has 1 N–H and O–H groups in total. The lowest BCUT2D eigenvalue weighted by atomic mass is 9.83. The van der Waals surface area contributed by atoms with Gasteiger partial charge in [-0.15, -0.1) is 0 Å². The first kappa shape index (κ1) is 17.9. The highest BCUT2D eigenvalue weighted by Crippen LogP contribution is 2.27. The number of piperazine rings is 1. The minimum atomic E-state index is -0.468. The minimum absolute atomic E-state index is 0.0463. The van der Waals surface area contributed by atoms with Gasteiger partial charge in [-0.1, -0.05) is 20.8 Å². The minimum Gasteiger partial charge on any atom is -0.385 e. The van der Waals surface area contributed by atoms with E-state index in [4.69, 9.17) is 9.47 Å². The summed E-state index contributed by atoms with van der Waals surface area (Å²) < 4.78 is 10.5. The number of ether oxygens (including phenoxy) is 2. The lowest BCUT2D eigenvalue weighted by Gasteiger charge is -2.44. The molecule has 1 fully saturated rings. The molecule has 1 heterocycles. The SMILES string of the molecule is COCCCOCCN1C(=O)C(C)NC(=O)C1C(C)(C)C. The molecule has 1 rings (SSSR count). The molecule has 1 saturated heterocycles. The topological polar surface area (TPSA) is 67.9 Å². The first-order valence-corrected chi connectivity index (χ1v) is 7.46. The molecule has 0 spiro atoms. The van der Waals surface area contributed by atoms with Gasteiger partial charge in [0.05, 0.1) is 6.61 Å². The second kappa shape index (κ2) is 7.75. The van der Waals surface area contributed by atoms with Crippen LogP contribution in [0.4, 0.5) is 0 Å². The average Bonchev–Trinajstić information content (AvgIpc) is 2.37. The molecule has 0 saturated carbocycles. The fraction of sp³-hybridized carbons (Fsp3) is 0.867. The van der Waals surface area contributed by atoms with Crippen molar-refractivity contribution in [1.29, 1.82) is 0 Å². The molecule has 0 aromatic rings. The number of nitrogens with zero attached hydrogens (tertiary/aromatic N) is 1. The molecule has 122 valence electrons. The fourth-order valence-corrected chi connectivity index (χ4v) is 2.54. The van der Waals surface area contributed by atoms with E-state index in [9.17, 15) is 9.59 Å². The Balaban J connectivity index is 2.60. The number of hydrogen-bond acceptors (Lipinski definition) is 4. The van der Waals surface area contributed by atoms with E-state index >= 15 is 0 Å². The largest absolute Gasteiger partial charge is 0.385 e. The summed E-state index contributed by atoms with van der Waals surface area (Å²) in [7, 11) is 1.65. The highest BCUT2D eigenvalue weighted by Gasteiger charge is 2.44. The van der Waals surface area contributed by atoms with Crippen LogP contribution < -0.4 is 5.32 Å². The van der Waals surface area contributed by atoms with Gasteiger partial charge in [-0.25, -0.2) is 0 Å². The van der Waals surface area contributed by atoms with Crippen molar-refractivity contribution in [2.24, 2.45) is 5.41 Å². The number of rotatable bonds is 7. The van der Waals surface area contributed by atoms with Crippen LogP contribution in [0.2, 0.25) is 0 Å². The quantitative estimate of drug-likeness (QED) is 0.706. The molecule has 2 amide bonds. The van der Waals surface area contributed by atoms with Crippen molar-refractivity contribution >= 4 is 11.8 Å². The van der Waals surface area contributed by atoms with E-state index in [1.54, 1.807) is 18.9 Å². The van der Waals surface area contributed by atoms with Gasteiger partial charge in [-0.3, -0.25) is 9.59 Å².